The van der Waals surface area contributed by atoms with Gasteiger partial charge in [-0.05, 0) is 51.7 Å². The summed E-state index contributed by atoms with van der Waals surface area (Å²) >= 11 is 0. The molecule has 6 nitrogen and oxygen atoms in total. The van der Waals surface area contributed by atoms with Crippen LogP contribution in [0.5, 0.6) is 0 Å². The van der Waals surface area contributed by atoms with Gasteiger partial charge in [0.15, 0.2) is 0 Å². The third-order valence-corrected chi connectivity index (χ3v) is 5.37. The molecule has 1 aromatic carbocycles. The summed E-state index contributed by atoms with van der Waals surface area (Å²) in [5.74, 6) is -0.459. The first kappa shape index (κ1) is 17.6. The number of hydrogen-bond acceptors (Lipinski definition) is 4. The monoisotopic (exact) mass is 337 g/mol. The van der Waals surface area contributed by atoms with Gasteiger partial charge in [0.05, 0.1) is 10.9 Å². The summed E-state index contributed by atoms with van der Waals surface area (Å²) in [5.41, 5.74) is 4.40. The molecule has 1 unspecified atom stereocenters. The topological polar surface area (TPSA) is 87.6 Å². The van der Waals surface area contributed by atoms with E-state index in [4.69, 9.17) is 0 Å². The summed E-state index contributed by atoms with van der Waals surface area (Å²) in [4.78, 5) is 12.1. The molecule has 23 heavy (non-hydrogen) atoms. The van der Waals surface area contributed by atoms with Gasteiger partial charge in [0.1, 0.15) is 0 Å². The first-order valence-corrected chi connectivity index (χ1v) is 9.31. The van der Waals surface area contributed by atoms with Crippen LogP contribution in [0.2, 0.25) is 0 Å². The molecule has 1 atom stereocenters. The molecule has 1 saturated carbocycles. The van der Waals surface area contributed by atoms with Crippen LogP contribution in [-0.4, -0.2) is 26.1 Å². The van der Waals surface area contributed by atoms with Gasteiger partial charge in [-0.25, -0.2) is 13.8 Å². The standard InChI is InChI=1S/C16H23N3O3S/c1-12-8-10-15(11-9-12)23(21,22)19-13(2)16(20)18-17-14-6-4-3-5-7-14/h8-11,13,19H,3-7H2,1-2H3,(H,18,20). The van der Waals surface area contributed by atoms with E-state index in [1.165, 1.54) is 25.5 Å². The molecule has 2 N–H and O–H groups in total. The van der Waals surface area contributed by atoms with E-state index in [9.17, 15) is 13.2 Å². The summed E-state index contributed by atoms with van der Waals surface area (Å²) in [6, 6.07) is 5.58. The number of hydrazone groups is 1. The van der Waals surface area contributed by atoms with Gasteiger partial charge in [0.25, 0.3) is 5.91 Å². The third-order valence-electron chi connectivity index (χ3n) is 3.81. The first-order valence-electron chi connectivity index (χ1n) is 7.83. The minimum atomic E-state index is -3.72. The molecule has 0 heterocycles. The van der Waals surface area contributed by atoms with Crippen LogP contribution in [0, 0.1) is 6.92 Å². The van der Waals surface area contributed by atoms with Crippen LogP contribution in [0.1, 0.15) is 44.6 Å². The zero-order valence-corrected chi connectivity index (χ0v) is 14.3. The number of carbonyl (C=O) groups is 1. The molecule has 1 fully saturated rings. The van der Waals surface area contributed by atoms with Crippen LogP contribution >= 0.6 is 0 Å². The summed E-state index contributed by atoms with van der Waals surface area (Å²) < 4.78 is 26.8. The Kier molecular flexibility index (Phi) is 5.90. The number of aryl methyl sites for hydroxylation is 1. The second-order valence-corrected chi connectivity index (χ2v) is 7.58. The summed E-state index contributed by atoms with van der Waals surface area (Å²) in [7, 11) is -3.72. The number of nitrogens with zero attached hydrogens (tertiary/aromatic N) is 1. The van der Waals surface area contributed by atoms with Gasteiger partial charge in [-0.3, -0.25) is 4.79 Å². The fourth-order valence-electron chi connectivity index (χ4n) is 2.37. The minimum absolute atomic E-state index is 0.140. The van der Waals surface area contributed by atoms with Gasteiger partial charge >= 0.3 is 0 Å². The molecular formula is C16H23N3O3S. The van der Waals surface area contributed by atoms with E-state index in [2.05, 4.69) is 15.2 Å². The smallest absolute Gasteiger partial charge is 0.257 e. The zero-order chi connectivity index (χ0) is 16.9. The first-order chi connectivity index (χ1) is 10.9. The average molecular weight is 337 g/mol. The van der Waals surface area contributed by atoms with E-state index in [1.807, 2.05) is 6.92 Å². The lowest BCUT2D eigenvalue weighted by molar-refractivity contribution is -0.122. The average Bonchev–Trinajstić information content (AvgIpc) is 2.53. The number of amides is 1. The number of hydrogen-bond donors (Lipinski definition) is 2. The van der Waals surface area contributed by atoms with Crippen molar-refractivity contribution in [3.05, 3.63) is 29.8 Å². The lowest BCUT2D eigenvalue weighted by atomic mass is 9.99. The maximum absolute atomic E-state index is 12.2. The van der Waals surface area contributed by atoms with Crippen molar-refractivity contribution < 1.29 is 13.2 Å². The van der Waals surface area contributed by atoms with Gasteiger partial charge in [-0.2, -0.15) is 9.82 Å². The highest BCUT2D eigenvalue weighted by Gasteiger charge is 2.22. The molecule has 0 aromatic heterocycles. The van der Waals surface area contributed by atoms with Crippen molar-refractivity contribution in [2.75, 3.05) is 0 Å². The lowest BCUT2D eigenvalue weighted by Gasteiger charge is -2.15. The van der Waals surface area contributed by atoms with Crippen molar-refractivity contribution >= 4 is 21.6 Å². The molecular weight excluding hydrogens is 314 g/mol. The largest absolute Gasteiger partial charge is 0.271 e. The Morgan fingerprint density at radius 2 is 1.74 bits per heavy atom. The van der Waals surface area contributed by atoms with Crippen LogP contribution in [0.25, 0.3) is 0 Å². The summed E-state index contributed by atoms with van der Waals surface area (Å²) in [6.45, 7) is 3.38. The van der Waals surface area contributed by atoms with E-state index >= 15 is 0 Å². The maximum Gasteiger partial charge on any atom is 0.257 e. The SMILES string of the molecule is Cc1ccc(S(=O)(=O)NC(C)C(=O)NN=C2CCCCC2)cc1. The lowest BCUT2D eigenvalue weighted by Crippen LogP contribution is -2.43. The van der Waals surface area contributed by atoms with Crippen molar-refractivity contribution in [2.45, 2.75) is 56.9 Å². The zero-order valence-electron chi connectivity index (χ0n) is 13.5. The minimum Gasteiger partial charge on any atom is -0.271 e. The van der Waals surface area contributed by atoms with E-state index in [-0.39, 0.29) is 4.90 Å². The molecule has 2 rings (SSSR count). The maximum atomic E-state index is 12.2. The molecule has 0 bridgehead atoms. The predicted octanol–water partition coefficient (Wildman–Crippen LogP) is 2.10. The molecule has 0 aliphatic heterocycles. The van der Waals surface area contributed by atoms with Crippen molar-refractivity contribution in [1.29, 1.82) is 0 Å². The Balaban J connectivity index is 1.95. The van der Waals surface area contributed by atoms with Crippen molar-refractivity contribution in [2.24, 2.45) is 5.10 Å². The predicted molar refractivity (Wildman–Crippen MR) is 89.6 cm³/mol. The van der Waals surface area contributed by atoms with Crippen LogP contribution < -0.4 is 10.1 Å². The molecule has 126 valence electrons. The Labute approximate surface area is 137 Å². The summed E-state index contributed by atoms with van der Waals surface area (Å²) in [6.07, 6.45) is 5.15. The van der Waals surface area contributed by atoms with Crippen LogP contribution in [-0.2, 0) is 14.8 Å². The molecule has 1 aromatic rings. The van der Waals surface area contributed by atoms with Gasteiger partial charge < -0.3 is 0 Å². The molecule has 1 amide bonds. The Hall–Kier alpha value is -1.73. The second kappa shape index (κ2) is 7.70. The number of sulfonamides is 1. The normalized spacial score (nSPS) is 16.7. The Morgan fingerprint density at radius 3 is 2.35 bits per heavy atom. The van der Waals surface area contributed by atoms with Gasteiger partial charge in [-0.15, -0.1) is 0 Å². The number of carbonyl (C=O) groups excluding carboxylic acids is 1. The number of rotatable bonds is 5. The van der Waals surface area contributed by atoms with Crippen molar-refractivity contribution in [3.63, 3.8) is 0 Å². The highest BCUT2D eigenvalue weighted by Crippen LogP contribution is 2.14. The fraction of sp³-hybridized carbons (Fsp3) is 0.500. The van der Waals surface area contributed by atoms with Gasteiger partial charge in [0.2, 0.25) is 10.0 Å². The van der Waals surface area contributed by atoms with E-state index in [0.29, 0.717) is 0 Å². The molecule has 7 heteroatoms. The van der Waals surface area contributed by atoms with Crippen molar-refractivity contribution in [3.8, 4) is 0 Å². The fourth-order valence-corrected chi connectivity index (χ4v) is 3.58. The molecule has 0 spiro atoms. The molecule has 1 aliphatic rings. The highest BCUT2D eigenvalue weighted by atomic mass is 32.2. The molecule has 0 radical (unpaired) electrons. The van der Waals surface area contributed by atoms with Crippen LogP contribution in [0.3, 0.4) is 0 Å². The Bertz CT molecular complexity index is 673. The highest BCUT2D eigenvalue weighted by molar-refractivity contribution is 7.89. The van der Waals surface area contributed by atoms with E-state index in [0.717, 1.165) is 37.0 Å². The molecule has 1 aliphatic carbocycles. The van der Waals surface area contributed by atoms with Gasteiger partial charge in [0, 0.05) is 5.71 Å². The van der Waals surface area contributed by atoms with Crippen molar-refractivity contribution in [1.82, 2.24) is 10.1 Å². The van der Waals surface area contributed by atoms with Gasteiger partial charge in [-0.1, -0.05) is 24.1 Å². The second-order valence-electron chi connectivity index (χ2n) is 5.87. The quantitative estimate of drug-likeness (QED) is 0.807. The number of nitrogens with one attached hydrogen (secondary N) is 2. The molecule has 0 saturated heterocycles. The van der Waals surface area contributed by atoms with E-state index < -0.39 is 22.0 Å². The van der Waals surface area contributed by atoms with E-state index in [1.54, 1.807) is 12.1 Å². The van der Waals surface area contributed by atoms with Crippen LogP contribution in [0.15, 0.2) is 34.3 Å². The number of benzene rings is 1. The summed E-state index contributed by atoms with van der Waals surface area (Å²) in [5, 5.41) is 4.10. The Morgan fingerprint density at radius 1 is 1.13 bits per heavy atom. The van der Waals surface area contributed by atoms with Crippen LogP contribution in [0.4, 0.5) is 0 Å². The third kappa shape index (κ3) is 5.14.